The number of nitrogens with zero attached hydrogens (tertiary/aromatic N) is 5. The van der Waals surface area contributed by atoms with E-state index in [0.717, 1.165) is 6.34 Å². The Kier molecular flexibility index (Phi) is 5.64. The Balaban J connectivity index is 2.39. The molecular formula is C18H12Cl2F5N5O2. The van der Waals surface area contributed by atoms with Gasteiger partial charge < -0.3 is 10.0 Å². The number of halogens is 7. The van der Waals surface area contributed by atoms with Crippen molar-refractivity contribution in [3.8, 4) is 11.8 Å². The van der Waals surface area contributed by atoms with Crippen LogP contribution >= 0.6 is 23.2 Å². The lowest BCUT2D eigenvalue weighted by Gasteiger charge is -2.15. The summed E-state index contributed by atoms with van der Waals surface area (Å²) in [5.74, 6) is -6.16. The van der Waals surface area contributed by atoms with Gasteiger partial charge in [0.1, 0.15) is 11.8 Å². The van der Waals surface area contributed by atoms with E-state index in [0.29, 0.717) is 16.8 Å². The number of carboxylic acids is 1. The third kappa shape index (κ3) is 3.65. The summed E-state index contributed by atoms with van der Waals surface area (Å²) in [6, 6.07) is 2.62. The summed E-state index contributed by atoms with van der Waals surface area (Å²) in [5.41, 5.74) is -5.76. The zero-order valence-electron chi connectivity index (χ0n) is 16.2. The maximum absolute atomic E-state index is 14.3. The molecule has 2 aromatic rings. The molecule has 1 fully saturated rings. The van der Waals surface area contributed by atoms with Crippen molar-refractivity contribution in [3.05, 3.63) is 39.0 Å². The quantitative estimate of drug-likeness (QED) is 0.370. The number of alkyl halides is 5. The second kappa shape index (κ2) is 7.60. The topological polar surface area (TPSA) is 94.5 Å². The van der Waals surface area contributed by atoms with Crippen LogP contribution in [0.2, 0.25) is 10.0 Å². The van der Waals surface area contributed by atoms with Crippen LogP contribution in [-0.2, 0) is 16.4 Å². The number of carboxylic acid groups (broad SMARTS) is 1. The molecule has 14 heteroatoms. The zero-order valence-corrected chi connectivity index (χ0v) is 17.7. The molecule has 0 bridgehead atoms. The van der Waals surface area contributed by atoms with Gasteiger partial charge in [-0.05, 0) is 12.1 Å². The van der Waals surface area contributed by atoms with Gasteiger partial charge in [0, 0.05) is 20.5 Å². The minimum atomic E-state index is -4.78. The lowest BCUT2D eigenvalue weighted by Crippen LogP contribution is -2.28. The molecule has 0 radical (unpaired) electrons. The fraction of sp³-hybridized carbons (Fsp3) is 0.333. The number of benzene rings is 1. The van der Waals surface area contributed by atoms with Crippen LogP contribution in [0.1, 0.15) is 23.2 Å². The Morgan fingerprint density at radius 2 is 1.88 bits per heavy atom. The number of nitriles is 1. The molecule has 0 spiro atoms. The second-order valence-corrected chi connectivity index (χ2v) is 7.97. The van der Waals surface area contributed by atoms with E-state index in [1.54, 1.807) is 6.07 Å². The Hall–Kier alpha value is -2.91. The van der Waals surface area contributed by atoms with E-state index < -0.39 is 62.6 Å². The summed E-state index contributed by atoms with van der Waals surface area (Å²) in [7, 11) is 3.04. The number of hydrogen-bond donors (Lipinski definition) is 1. The Labute approximate surface area is 187 Å². The highest BCUT2D eigenvalue weighted by atomic mass is 35.5. The van der Waals surface area contributed by atoms with Crippen molar-refractivity contribution in [2.24, 2.45) is 4.99 Å². The first-order valence-electron chi connectivity index (χ1n) is 8.59. The van der Waals surface area contributed by atoms with Gasteiger partial charge in [-0.3, -0.25) is 4.79 Å². The van der Waals surface area contributed by atoms with Gasteiger partial charge in [0.2, 0.25) is 0 Å². The molecule has 1 atom stereocenters. The first kappa shape index (κ1) is 23.7. The first-order chi connectivity index (χ1) is 14.7. The van der Waals surface area contributed by atoms with Crippen LogP contribution in [0.15, 0.2) is 17.1 Å². The molecule has 0 aliphatic heterocycles. The van der Waals surface area contributed by atoms with Crippen molar-refractivity contribution in [2.75, 3.05) is 14.1 Å². The van der Waals surface area contributed by atoms with E-state index in [4.69, 9.17) is 23.2 Å². The highest BCUT2D eigenvalue weighted by Crippen LogP contribution is 2.64. The predicted octanol–water partition coefficient (Wildman–Crippen LogP) is 4.65. The van der Waals surface area contributed by atoms with Crippen LogP contribution in [-0.4, -0.2) is 52.1 Å². The molecule has 1 saturated carbocycles. The van der Waals surface area contributed by atoms with Crippen molar-refractivity contribution in [3.63, 3.8) is 0 Å². The minimum Gasteiger partial charge on any atom is -0.480 e. The summed E-state index contributed by atoms with van der Waals surface area (Å²) in [5, 5.41) is 21.7. The SMILES string of the molecule is CN(C)/C=N/c1c(C2(C(=O)O)CC2(F)F)c(C#N)nn1-c1c(Cl)cc(C(F)(F)F)cc1Cl. The molecule has 1 aliphatic carbocycles. The second-order valence-electron chi connectivity index (χ2n) is 7.16. The zero-order chi connectivity index (χ0) is 24.2. The molecular weight excluding hydrogens is 484 g/mol. The van der Waals surface area contributed by atoms with Crippen LogP contribution in [0.3, 0.4) is 0 Å². The number of aliphatic imine (C=N–C) groups is 1. The number of aliphatic carboxylic acids is 1. The minimum absolute atomic E-state index is 0.389. The molecule has 0 amide bonds. The molecule has 0 saturated heterocycles. The van der Waals surface area contributed by atoms with E-state index in [1.807, 2.05) is 0 Å². The summed E-state index contributed by atoms with van der Waals surface area (Å²) in [6.07, 6.45) is -4.79. The van der Waals surface area contributed by atoms with E-state index in [2.05, 4.69) is 10.1 Å². The molecule has 1 heterocycles. The Morgan fingerprint density at radius 3 is 2.25 bits per heavy atom. The van der Waals surface area contributed by atoms with E-state index in [-0.39, 0.29) is 5.69 Å². The van der Waals surface area contributed by atoms with Crippen LogP contribution in [0.4, 0.5) is 27.8 Å². The van der Waals surface area contributed by atoms with Crippen LogP contribution in [0.5, 0.6) is 0 Å². The molecule has 1 aliphatic rings. The highest BCUT2D eigenvalue weighted by Gasteiger charge is 2.79. The van der Waals surface area contributed by atoms with Gasteiger partial charge in [0.15, 0.2) is 16.9 Å². The van der Waals surface area contributed by atoms with Gasteiger partial charge in [-0.15, -0.1) is 0 Å². The summed E-state index contributed by atoms with van der Waals surface area (Å²) >= 11 is 12.0. The number of carbonyl (C=O) groups is 1. The van der Waals surface area contributed by atoms with Crippen LogP contribution in [0.25, 0.3) is 5.69 Å². The lowest BCUT2D eigenvalue weighted by atomic mass is 9.94. The molecule has 1 unspecified atom stereocenters. The fourth-order valence-corrected chi connectivity index (χ4v) is 3.80. The molecule has 1 N–H and O–H groups in total. The van der Waals surface area contributed by atoms with Gasteiger partial charge in [-0.2, -0.15) is 23.5 Å². The average molecular weight is 496 g/mol. The van der Waals surface area contributed by atoms with Gasteiger partial charge in [-0.25, -0.2) is 18.5 Å². The third-order valence-electron chi connectivity index (χ3n) is 4.71. The molecule has 170 valence electrons. The predicted molar refractivity (Wildman–Crippen MR) is 104 cm³/mol. The largest absolute Gasteiger partial charge is 0.480 e. The van der Waals surface area contributed by atoms with E-state index in [1.165, 1.54) is 19.0 Å². The monoisotopic (exact) mass is 495 g/mol. The van der Waals surface area contributed by atoms with Crippen LogP contribution in [0, 0.1) is 11.3 Å². The molecule has 1 aromatic heterocycles. The Bertz CT molecular complexity index is 1160. The number of aromatic nitrogens is 2. The fourth-order valence-electron chi connectivity index (χ4n) is 3.16. The summed E-state index contributed by atoms with van der Waals surface area (Å²) in [4.78, 5) is 17.2. The van der Waals surface area contributed by atoms with Crippen molar-refractivity contribution in [1.82, 2.24) is 14.7 Å². The number of rotatable bonds is 5. The van der Waals surface area contributed by atoms with Crippen molar-refractivity contribution >= 4 is 41.3 Å². The van der Waals surface area contributed by atoms with Gasteiger partial charge in [0.05, 0.1) is 27.5 Å². The molecule has 7 nitrogen and oxygen atoms in total. The average Bonchev–Trinajstić information content (AvgIpc) is 3.06. The maximum Gasteiger partial charge on any atom is 0.416 e. The molecule has 32 heavy (non-hydrogen) atoms. The van der Waals surface area contributed by atoms with Gasteiger partial charge in [0.25, 0.3) is 5.92 Å². The number of hydrogen-bond acceptors (Lipinski definition) is 4. The summed E-state index contributed by atoms with van der Waals surface area (Å²) < 4.78 is 68.5. The van der Waals surface area contributed by atoms with Crippen molar-refractivity contribution in [2.45, 2.75) is 23.9 Å². The molecule has 3 rings (SSSR count). The van der Waals surface area contributed by atoms with Crippen molar-refractivity contribution in [1.29, 1.82) is 5.26 Å². The third-order valence-corrected chi connectivity index (χ3v) is 5.29. The van der Waals surface area contributed by atoms with Crippen LogP contribution < -0.4 is 0 Å². The molecule has 1 aromatic carbocycles. The van der Waals surface area contributed by atoms with E-state index in [9.17, 15) is 37.1 Å². The highest BCUT2D eigenvalue weighted by molar-refractivity contribution is 6.38. The maximum atomic E-state index is 14.3. The Morgan fingerprint density at radius 1 is 1.34 bits per heavy atom. The van der Waals surface area contributed by atoms with Crippen molar-refractivity contribution < 1.29 is 31.9 Å². The standard InChI is InChI=1S/C18H12Cl2F5N5O2/c1-29(2)7-27-14-12(16(15(31)32)6-17(16,21)22)11(5-26)28-30(14)13-9(19)3-8(4-10(13)20)18(23,24)25/h3-4,7H,6H2,1-2H3,(H,31,32)/b27-7+. The van der Waals surface area contributed by atoms with Gasteiger partial charge >= 0.3 is 12.1 Å². The normalized spacial score (nSPS) is 19.8. The smallest absolute Gasteiger partial charge is 0.416 e. The lowest BCUT2D eigenvalue weighted by molar-refractivity contribution is -0.143. The van der Waals surface area contributed by atoms with E-state index >= 15 is 0 Å². The first-order valence-corrected chi connectivity index (χ1v) is 9.35. The summed E-state index contributed by atoms with van der Waals surface area (Å²) in [6.45, 7) is 0. The van der Waals surface area contributed by atoms with Gasteiger partial charge in [-0.1, -0.05) is 23.2 Å².